The van der Waals surface area contributed by atoms with Crippen molar-refractivity contribution in [2.75, 3.05) is 0 Å². The third kappa shape index (κ3) is 2.67. The van der Waals surface area contributed by atoms with Crippen molar-refractivity contribution >= 4 is 16.7 Å². The van der Waals surface area contributed by atoms with Crippen LogP contribution in [0.2, 0.25) is 0 Å². The highest BCUT2D eigenvalue weighted by molar-refractivity contribution is 5.90. The fourth-order valence-corrected chi connectivity index (χ4v) is 2.00. The van der Waals surface area contributed by atoms with Crippen molar-refractivity contribution < 1.29 is 19.0 Å². The van der Waals surface area contributed by atoms with Crippen molar-refractivity contribution in [1.82, 2.24) is 4.98 Å². The van der Waals surface area contributed by atoms with Gasteiger partial charge in [-0.05, 0) is 29.0 Å². The Kier molecular flexibility index (Phi) is 3.23. The first-order chi connectivity index (χ1) is 10.1. The minimum atomic E-state index is -1.29. The van der Waals surface area contributed by atoms with E-state index >= 15 is 0 Å². The molecule has 0 aliphatic rings. The van der Waals surface area contributed by atoms with Gasteiger partial charge in [0.15, 0.2) is 0 Å². The van der Waals surface area contributed by atoms with Crippen LogP contribution in [-0.4, -0.2) is 16.1 Å². The Hall–Kier alpha value is -2.95. The average molecular weight is 283 g/mol. The van der Waals surface area contributed by atoms with Crippen molar-refractivity contribution in [1.29, 1.82) is 0 Å². The second-order valence-corrected chi connectivity index (χ2v) is 4.42. The van der Waals surface area contributed by atoms with Crippen LogP contribution in [0.25, 0.3) is 10.8 Å². The zero-order valence-corrected chi connectivity index (χ0v) is 10.8. The first-order valence-corrected chi connectivity index (χ1v) is 6.19. The number of carbonyl (C=O) groups is 1. The van der Waals surface area contributed by atoms with Gasteiger partial charge in [-0.2, -0.15) is 0 Å². The number of hydrogen-bond acceptors (Lipinski definition) is 3. The molecule has 21 heavy (non-hydrogen) atoms. The lowest BCUT2D eigenvalue weighted by Gasteiger charge is -2.08. The van der Waals surface area contributed by atoms with Crippen LogP contribution >= 0.6 is 0 Å². The summed E-state index contributed by atoms with van der Waals surface area (Å²) in [6, 6.07) is 13.9. The van der Waals surface area contributed by atoms with Crippen LogP contribution in [-0.2, 0) is 0 Å². The van der Waals surface area contributed by atoms with E-state index in [9.17, 15) is 9.18 Å². The minimum Gasteiger partial charge on any atom is -0.477 e. The van der Waals surface area contributed by atoms with Gasteiger partial charge in [-0.25, -0.2) is 14.2 Å². The molecule has 3 aromatic rings. The second kappa shape index (κ2) is 5.20. The molecule has 0 fully saturated rings. The lowest BCUT2D eigenvalue weighted by Crippen LogP contribution is -2.03. The summed E-state index contributed by atoms with van der Waals surface area (Å²) in [6.07, 6.45) is 0.919. The van der Waals surface area contributed by atoms with Gasteiger partial charge in [-0.15, -0.1) is 0 Å². The Labute approximate surface area is 119 Å². The highest BCUT2D eigenvalue weighted by Crippen LogP contribution is 2.27. The molecule has 0 radical (unpaired) electrons. The normalized spacial score (nSPS) is 10.5. The summed E-state index contributed by atoms with van der Waals surface area (Å²) in [7, 11) is 0. The zero-order chi connectivity index (χ0) is 14.8. The van der Waals surface area contributed by atoms with Gasteiger partial charge in [0, 0.05) is 0 Å². The van der Waals surface area contributed by atoms with Gasteiger partial charge in [-0.1, -0.05) is 30.3 Å². The summed E-state index contributed by atoms with van der Waals surface area (Å²) in [4.78, 5) is 14.8. The Morgan fingerprint density at radius 2 is 1.86 bits per heavy atom. The molecule has 5 heteroatoms. The molecule has 0 saturated heterocycles. The molecule has 1 aromatic heterocycles. The standard InChI is InChI=1S/C16H10FNO3/c17-12-8-14(16(19)20)15(18-9-12)21-13-6-5-10-3-1-2-4-11(10)7-13/h1-9H,(H,19,20). The maximum atomic E-state index is 13.1. The summed E-state index contributed by atoms with van der Waals surface area (Å²) >= 11 is 0. The van der Waals surface area contributed by atoms with Gasteiger partial charge in [0.05, 0.1) is 6.20 Å². The number of aromatic carboxylic acids is 1. The van der Waals surface area contributed by atoms with Gasteiger partial charge in [-0.3, -0.25) is 0 Å². The first-order valence-electron chi connectivity index (χ1n) is 6.19. The van der Waals surface area contributed by atoms with Crippen molar-refractivity contribution in [2.24, 2.45) is 0 Å². The topological polar surface area (TPSA) is 59.4 Å². The third-order valence-corrected chi connectivity index (χ3v) is 2.98. The quantitative estimate of drug-likeness (QED) is 0.792. The molecule has 3 rings (SSSR count). The maximum Gasteiger partial charge on any atom is 0.341 e. The monoisotopic (exact) mass is 283 g/mol. The van der Waals surface area contributed by atoms with Crippen LogP contribution in [0.5, 0.6) is 11.6 Å². The van der Waals surface area contributed by atoms with E-state index in [4.69, 9.17) is 9.84 Å². The summed E-state index contributed by atoms with van der Waals surface area (Å²) in [5.41, 5.74) is -0.317. The average Bonchev–Trinajstić information content (AvgIpc) is 2.49. The number of benzene rings is 2. The number of carboxylic acids is 1. The third-order valence-electron chi connectivity index (χ3n) is 2.98. The molecule has 0 aliphatic heterocycles. The molecule has 0 saturated carbocycles. The maximum absolute atomic E-state index is 13.1. The van der Waals surface area contributed by atoms with Crippen molar-refractivity contribution in [3.8, 4) is 11.6 Å². The van der Waals surface area contributed by atoms with Crippen LogP contribution in [0.4, 0.5) is 4.39 Å². The summed E-state index contributed by atoms with van der Waals surface area (Å²) in [5, 5.41) is 11.0. The van der Waals surface area contributed by atoms with E-state index in [0.717, 1.165) is 23.0 Å². The van der Waals surface area contributed by atoms with Gasteiger partial charge in [0.1, 0.15) is 17.1 Å². The molecule has 104 valence electrons. The van der Waals surface area contributed by atoms with E-state index in [2.05, 4.69) is 4.98 Å². The molecule has 0 unspecified atom stereocenters. The smallest absolute Gasteiger partial charge is 0.341 e. The van der Waals surface area contributed by atoms with Crippen molar-refractivity contribution in [3.63, 3.8) is 0 Å². The second-order valence-electron chi connectivity index (χ2n) is 4.42. The molecule has 2 aromatic carbocycles. The Morgan fingerprint density at radius 3 is 2.62 bits per heavy atom. The molecule has 0 atom stereocenters. The van der Waals surface area contributed by atoms with Crippen molar-refractivity contribution in [2.45, 2.75) is 0 Å². The summed E-state index contributed by atoms with van der Waals surface area (Å²) in [5.74, 6) is -1.72. The van der Waals surface area contributed by atoms with Gasteiger partial charge < -0.3 is 9.84 Å². The van der Waals surface area contributed by atoms with E-state index in [1.807, 2.05) is 30.3 Å². The van der Waals surface area contributed by atoms with Gasteiger partial charge >= 0.3 is 5.97 Å². The van der Waals surface area contributed by atoms with Crippen LogP contribution < -0.4 is 4.74 Å². The van der Waals surface area contributed by atoms with Gasteiger partial charge in [0.2, 0.25) is 5.88 Å². The molecular weight excluding hydrogens is 273 g/mol. The minimum absolute atomic E-state index is 0.140. The fraction of sp³-hybridized carbons (Fsp3) is 0. The SMILES string of the molecule is O=C(O)c1cc(F)cnc1Oc1ccc2ccccc2c1. The molecule has 4 nitrogen and oxygen atoms in total. The summed E-state index contributed by atoms with van der Waals surface area (Å²) < 4.78 is 18.5. The molecule has 1 heterocycles. The Balaban J connectivity index is 2.00. The van der Waals surface area contributed by atoms with Crippen LogP contribution in [0, 0.1) is 5.82 Å². The molecule has 0 bridgehead atoms. The molecule has 0 amide bonds. The Morgan fingerprint density at radius 1 is 1.10 bits per heavy atom. The lowest BCUT2D eigenvalue weighted by atomic mass is 10.1. The van der Waals surface area contributed by atoms with Crippen LogP contribution in [0.1, 0.15) is 10.4 Å². The number of fused-ring (bicyclic) bond motifs is 1. The van der Waals surface area contributed by atoms with E-state index < -0.39 is 11.8 Å². The summed E-state index contributed by atoms with van der Waals surface area (Å²) in [6.45, 7) is 0. The number of carboxylic acid groups (broad SMARTS) is 1. The predicted molar refractivity (Wildman–Crippen MR) is 75.2 cm³/mol. The first kappa shape index (κ1) is 13.1. The molecule has 0 spiro atoms. The van der Waals surface area contributed by atoms with Crippen LogP contribution in [0.3, 0.4) is 0 Å². The van der Waals surface area contributed by atoms with E-state index in [0.29, 0.717) is 5.75 Å². The highest BCUT2D eigenvalue weighted by atomic mass is 19.1. The van der Waals surface area contributed by atoms with Crippen molar-refractivity contribution in [3.05, 3.63) is 66.1 Å². The number of rotatable bonds is 3. The number of aromatic nitrogens is 1. The predicted octanol–water partition coefficient (Wildman–Crippen LogP) is 3.86. The number of hydrogen-bond donors (Lipinski definition) is 1. The molecular formula is C16H10FNO3. The molecule has 1 N–H and O–H groups in total. The number of pyridine rings is 1. The fourth-order valence-electron chi connectivity index (χ4n) is 2.00. The Bertz CT molecular complexity index is 833. The van der Waals surface area contributed by atoms with E-state index in [1.165, 1.54) is 0 Å². The van der Waals surface area contributed by atoms with E-state index in [1.54, 1.807) is 12.1 Å². The number of ether oxygens (including phenoxy) is 1. The zero-order valence-electron chi connectivity index (χ0n) is 10.8. The number of halogens is 1. The van der Waals surface area contributed by atoms with Gasteiger partial charge in [0.25, 0.3) is 0 Å². The lowest BCUT2D eigenvalue weighted by molar-refractivity contribution is 0.0692. The largest absolute Gasteiger partial charge is 0.477 e. The molecule has 0 aliphatic carbocycles. The van der Waals surface area contributed by atoms with Crippen LogP contribution in [0.15, 0.2) is 54.7 Å². The van der Waals surface area contributed by atoms with E-state index in [-0.39, 0.29) is 11.4 Å². The highest BCUT2D eigenvalue weighted by Gasteiger charge is 2.15. The number of nitrogens with zero attached hydrogens (tertiary/aromatic N) is 1.